The van der Waals surface area contributed by atoms with E-state index in [4.69, 9.17) is 4.74 Å². The third kappa shape index (κ3) is 2.98. The predicted octanol–water partition coefficient (Wildman–Crippen LogP) is 2.44. The Morgan fingerprint density at radius 3 is 2.64 bits per heavy atom. The zero-order chi connectivity index (χ0) is 14.9. The summed E-state index contributed by atoms with van der Waals surface area (Å²) in [6, 6.07) is 8.54. The van der Waals surface area contributed by atoms with E-state index in [1.54, 1.807) is 0 Å². The summed E-state index contributed by atoms with van der Waals surface area (Å²) in [5, 5.41) is 3.38. The molecule has 1 saturated heterocycles. The molecule has 1 heterocycles. The molecule has 118 valence electrons. The molecule has 4 rings (SSSR count). The van der Waals surface area contributed by atoms with E-state index < -0.39 is 0 Å². The van der Waals surface area contributed by atoms with Crippen LogP contribution in [-0.2, 0) is 0 Å². The van der Waals surface area contributed by atoms with Crippen molar-refractivity contribution in [3.05, 3.63) is 29.8 Å². The molecule has 4 nitrogen and oxygen atoms in total. The van der Waals surface area contributed by atoms with Gasteiger partial charge in [0.05, 0.1) is 12.2 Å². The quantitative estimate of drug-likeness (QED) is 0.877. The molecule has 4 heteroatoms. The molecular weight excluding hydrogens is 276 g/mol. The van der Waals surface area contributed by atoms with Crippen LogP contribution in [0.5, 0.6) is 5.75 Å². The van der Waals surface area contributed by atoms with Crippen molar-refractivity contribution in [2.24, 2.45) is 5.92 Å². The second kappa shape index (κ2) is 5.92. The van der Waals surface area contributed by atoms with E-state index in [9.17, 15) is 4.79 Å². The Morgan fingerprint density at radius 2 is 1.95 bits per heavy atom. The summed E-state index contributed by atoms with van der Waals surface area (Å²) >= 11 is 0. The van der Waals surface area contributed by atoms with Gasteiger partial charge in [0, 0.05) is 18.6 Å². The first-order valence-corrected chi connectivity index (χ1v) is 8.58. The van der Waals surface area contributed by atoms with Crippen LogP contribution in [0.1, 0.15) is 42.5 Å². The summed E-state index contributed by atoms with van der Waals surface area (Å²) in [5.41, 5.74) is 0.738. The zero-order valence-electron chi connectivity index (χ0n) is 13.0. The highest BCUT2D eigenvalue weighted by Crippen LogP contribution is 2.34. The lowest BCUT2D eigenvalue weighted by molar-refractivity contribution is 0.0671. The molecule has 3 aliphatic rings. The SMILES string of the molecule is O=C(c1ccccc1OCC1CC1)N(C1CC1)C1CCNC1. The summed E-state index contributed by atoms with van der Waals surface area (Å²) in [6.45, 7) is 2.69. The minimum Gasteiger partial charge on any atom is -0.492 e. The number of hydrogen-bond donors (Lipinski definition) is 1. The zero-order valence-corrected chi connectivity index (χ0v) is 13.0. The van der Waals surface area contributed by atoms with E-state index in [2.05, 4.69) is 10.2 Å². The van der Waals surface area contributed by atoms with Crippen molar-refractivity contribution >= 4 is 5.91 Å². The molecule has 0 radical (unpaired) electrons. The molecule has 3 fully saturated rings. The summed E-state index contributed by atoms with van der Waals surface area (Å²) in [5.74, 6) is 1.61. The third-order valence-electron chi connectivity index (χ3n) is 4.89. The lowest BCUT2D eigenvalue weighted by Crippen LogP contribution is -2.43. The van der Waals surface area contributed by atoms with Gasteiger partial charge in [-0.3, -0.25) is 4.79 Å². The third-order valence-corrected chi connectivity index (χ3v) is 4.89. The number of amides is 1. The first-order valence-electron chi connectivity index (χ1n) is 8.58. The monoisotopic (exact) mass is 300 g/mol. The first-order chi connectivity index (χ1) is 10.8. The van der Waals surface area contributed by atoms with Gasteiger partial charge in [0.25, 0.3) is 5.91 Å². The minimum absolute atomic E-state index is 0.155. The Kier molecular flexibility index (Phi) is 3.78. The Bertz CT molecular complexity index is 546. The van der Waals surface area contributed by atoms with Crippen LogP contribution >= 0.6 is 0 Å². The Labute approximate surface area is 131 Å². The fourth-order valence-corrected chi connectivity index (χ4v) is 3.26. The normalized spacial score (nSPS) is 24.3. The van der Waals surface area contributed by atoms with Gasteiger partial charge in [0.2, 0.25) is 0 Å². The van der Waals surface area contributed by atoms with Crippen LogP contribution in [0.4, 0.5) is 0 Å². The number of nitrogens with zero attached hydrogens (tertiary/aromatic N) is 1. The van der Waals surface area contributed by atoms with Gasteiger partial charge < -0.3 is 15.0 Å². The van der Waals surface area contributed by atoms with E-state index in [0.29, 0.717) is 18.0 Å². The molecule has 1 unspecified atom stereocenters. The fraction of sp³-hybridized carbons (Fsp3) is 0.611. The molecule has 2 aliphatic carbocycles. The van der Waals surface area contributed by atoms with Crippen LogP contribution in [0.3, 0.4) is 0 Å². The van der Waals surface area contributed by atoms with Crippen molar-refractivity contribution < 1.29 is 9.53 Å². The van der Waals surface area contributed by atoms with Crippen molar-refractivity contribution in [2.75, 3.05) is 19.7 Å². The second-order valence-electron chi connectivity index (χ2n) is 6.84. The maximum atomic E-state index is 13.1. The van der Waals surface area contributed by atoms with E-state index in [1.165, 1.54) is 12.8 Å². The van der Waals surface area contributed by atoms with Crippen LogP contribution in [0, 0.1) is 5.92 Å². The molecule has 0 spiro atoms. The molecule has 1 aromatic carbocycles. The van der Waals surface area contributed by atoms with Crippen molar-refractivity contribution in [3.63, 3.8) is 0 Å². The number of carbonyl (C=O) groups excluding carboxylic acids is 1. The van der Waals surface area contributed by atoms with Gasteiger partial charge >= 0.3 is 0 Å². The van der Waals surface area contributed by atoms with Crippen molar-refractivity contribution in [1.29, 1.82) is 0 Å². The molecule has 1 aliphatic heterocycles. The number of nitrogens with one attached hydrogen (secondary N) is 1. The first kappa shape index (κ1) is 14.1. The number of para-hydroxylation sites is 1. The van der Waals surface area contributed by atoms with Crippen molar-refractivity contribution in [3.8, 4) is 5.75 Å². The summed E-state index contributed by atoms with van der Waals surface area (Å²) < 4.78 is 5.93. The van der Waals surface area contributed by atoms with Crippen LogP contribution in [0.25, 0.3) is 0 Å². The van der Waals surface area contributed by atoms with Crippen LogP contribution in [-0.4, -0.2) is 42.6 Å². The highest BCUT2D eigenvalue weighted by Gasteiger charge is 2.39. The van der Waals surface area contributed by atoms with E-state index >= 15 is 0 Å². The molecule has 22 heavy (non-hydrogen) atoms. The smallest absolute Gasteiger partial charge is 0.258 e. The van der Waals surface area contributed by atoms with Gasteiger partial charge in [-0.2, -0.15) is 0 Å². The highest BCUT2D eigenvalue weighted by atomic mass is 16.5. The Hall–Kier alpha value is -1.55. The molecule has 0 aromatic heterocycles. The van der Waals surface area contributed by atoms with E-state index in [0.717, 1.165) is 50.3 Å². The number of benzene rings is 1. The maximum Gasteiger partial charge on any atom is 0.258 e. The lowest BCUT2D eigenvalue weighted by atomic mass is 10.1. The standard InChI is InChI=1S/C18H24N2O2/c21-18(20(14-7-8-14)15-9-10-19-11-15)16-3-1-2-4-17(16)22-12-13-5-6-13/h1-4,13-15,19H,5-12H2. The molecule has 2 saturated carbocycles. The molecule has 1 atom stereocenters. The van der Waals surface area contributed by atoms with Gasteiger partial charge in [-0.25, -0.2) is 0 Å². The molecular formula is C18H24N2O2. The number of hydrogen-bond acceptors (Lipinski definition) is 3. The van der Waals surface area contributed by atoms with Gasteiger partial charge in [-0.1, -0.05) is 12.1 Å². The summed E-state index contributed by atoms with van der Waals surface area (Å²) in [6.07, 6.45) is 5.88. The molecule has 1 aromatic rings. The van der Waals surface area contributed by atoms with E-state index in [-0.39, 0.29) is 5.91 Å². The molecule has 1 N–H and O–H groups in total. The predicted molar refractivity (Wildman–Crippen MR) is 85.1 cm³/mol. The summed E-state index contributed by atoms with van der Waals surface area (Å²) in [4.78, 5) is 15.2. The van der Waals surface area contributed by atoms with Crippen molar-refractivity contribution in [2.45, 2.75) is 44.2 Å². The number of rotatable bonds is 6. The van der Waals surface area contributed by atoms with E-state index in [1.807, 2.05) is 24.3 Å². The fourth-order valence-electron chi connectivity index (χ4n) is 3.26. The minimum atomic E-state index is 0.155. The lowest BCUT2D eigenvalue weighted by Gasteiger charge is -2.29. The average molecular weight is 300 g/mol. The van der Waals surface area contributed by atoms with Gasteiger partial charge in [-0.15, -0.1) is 0 Å². The molecule has 1 amide bonds. The second-order valence-corrected chi connectivity index (χ2v) is 6.84. The highest BCUT2D eigenvalue weighted by molar-refractivity contribution is 5.97. The summed E-state index contributed by atoms with van der Waals surface area (Å²) in [7, 11) is 0. The maximum absolute atomic E-state index is 13.1. The van der Waals surface area contributed by atoms with Crippen LogP contribution in [0.2, 0.25) is 0 Å². The van der Waals surface area contributed by atoms with Gasteiger partial charge in [0.15, 0.2) is 0 Å². The number of carbonyl (C=O) groups is 1. The molecule has 0 bridgehead atoms. The van der Waals surface area contributed by atoms with Gasteiger partial charge in [0.1, 0.15) is 5.75 Å². The largest absolute Gasteiger partial charge is 0.492 e. The number of ether oxygens (including phenoxy) is 1. The Balaban J connectivity index is 1.54. The topological polar surface area (TPSA) is 41.6 Å². The average Bonchev–Trinajstić information content (AvgIpc) is 3.46. The van der Waals surface area contributed by atoms with Crippen molar-refractivity contribution in [1.82, 2.24) is 10.2 Å². The van der Waals surface area contributed by atoms with Crippen LogP contribution in [0.15, 0.2) is 24.3 Å². The van der Waals surface area contributed by atoms with Gasteiger partial charge in [-0.05, 0) is 56.7 Å². The van der Waals surface area contributed by atoms with Crippen LogP contribution < -0.4 is 10.1 Å². The Morgan fingerprint density at radius 1 is 1.14 bits per heavy atom.